The van der Waals surface area contributed by atoms with E-state index in [-0.39, 0.29) is 0 Å². The Balaban J connectivity index is 1.67. The Bertz CT molecular complexity index is 684. The molecule has 0 spiro atoms. The molecule has 0 aliphatic heterocycles. The zero-order valence-electron chi connectivity index (χ0n) is 10.3. The second-order valence-electron chi connectivity index (χ2n) is 3.96. The molecule has 3 rings (SSSR count). The van der Waals surface area contributed by atoms with E-state index in [1.165, 1.54) is 0 Å². The van der Waals surface area contributed by atoms with Gasteiger partial charge in [-0.25, -0.2) is 14.6 Å². The quantitative estimate of drug-likeness (QED) is 0.687. The molecule has 0 amide bonds. The van der Waals surface area contributed by atoms with Gasteiger partial charge in [-0.05, 0) is 28.1 Å². The molecular weight excluding hydrogens is 322 g/mol. The van der Waals surface area contributed by atoms with Crippen molar-refractivity contribution in [3.8, 4) is 11.7 Å². The molecular formula is C13H10BrN5O. The van der Waals surface area contributed by atoms with Gasteiger partial charge in [-0.1, -0.05) is 17.3 Å². The molecule has 20 heavy (non-hydrogen) atoms. The topological polar surface area (TPSA) is 65.7 Å². The lowest BCUT2D eigenvalue weighted by Gasteiger charge is -2.06. The predicted octanol–water partition coefficient (Wildman–Crippen LogP) is 2.40. The number of hydrogen-bond acceptors (Lipinski definition) is 5. The first-order valence-corrected chi connectivity index (χ1v) is 6.67. The first-order valence-electron chi connectivity index (χ1n) is 5.88. The molecule has 0 N–H and O–H groups in total. The Hall–Kier alpha value is -2.28. The molecule has 3 heterocycles. The number of aromatic nitrogens is 5. The smallest absolute Gasteiger partial charge is 0.214 e. The van der Waals surface area contributed by atoms with Crippen molar-refractivity contribution in [3.05, 3.63) is 59.1 Å². The molecule has 3 aromatic heterocycles. The first-order chi connectivity index (χ1) is 9.81. The van der Waals surface area contributed by atoms with Gasteiger partial charge < -0.3 is 4.74 Å². The summed E-state index contributed by atoms with van der Waals surface area (Å²) in [5, 5.41) is 7.62. The number of hydrogen-bond donors (Lipinski definition) is 0. The minimum Gasteiger partial charge on any atom is -0.473 e. The zero-order valence-corrected chi connectivity index (χ0v) is 11.9. The highest BCUT2D eigenvalue weighted by molar-refractivity contribution is 9.10. The van der Waals surface area contributed by atoms with Crippen LogP contribution in [0.4, 0.5) is 0 Å². The molecule has 0 aliphatic rings. The van der Waals surface area contributed by atoms with Crippen molar-refractivity contribution in [2.75, 3.05) is 0 Å². The Kier molecular flexibility index (Phi) is 3.69. The van der Waals surface area contributed by atoms with Crippen LogP contribution in [0.3, 0.4) is 0 Å². The molecule has 100 valence electrons. The molecule has 0 bridgehead atoms. The van der Waals surface area contributed by atoms with E-state index in [0.29, 0.717) is 18.3 Å². The summed E-state index contributed by atoms with van der Waals surface area (Å²) in [6.07, 6.45) is 5.09. The van der Waals surface area contributed by atoms with E-state index in [1.807, 2.05) is 30.3 Å². The van der Waals surface area contributed by atoms with Crippen molar-refractivity contribution in [2.24, 2.45) is 0 Å². The maximum Gasteiger partial charge on any atom is 0.214 e. The molecule has 0 aromatic carbocycles. The minimum atomic E-state index is 0.411. The Morgan fingerprint density at radius 1 is 1.20 bits per heavy atom. The van der Waals surface area contributed by atoms with Crippen molar-refractivity contribution < 1.29 is 4.74 Å². The van der Waals surface area contributed by atoms with Crippen molar-refractivity contribution >= 4 is 15.9 Å². The van der Waals surface area contributed by atoms with Crippen LogP contribution in [0.2, 0.25) is 0 Å². The van der Waals surface area contributed by atoms with E-state index in [2.05, 4.69) is 36.2 Å². The third kappa shape index (κ3) is 3.00. The van der Waals surface area contributed by atoms with Crippen molar-refractivity contribution in [1.82, 2.24) is 25.0 Å². The van der Waals surface area contributed by atoms with Gasteiger partial charge in [0.2, 0.25) is 5.88 Å². The molecule has 0 radical (unpaired) electrons. The molecule has 6 nitrogen and oxygen atoms in total. The van der Waals surface area contributed by atoms with E-state index in [9.17, 15) is 0 Å². The van der Waals surface area contributed by atoms with Crippen LogP contribution in [0.25, 0.3) is 5.82 Å². The second-order valence-corrected chi connectivity index (χ2v) is 4.77. The lowest BCUT2D eigenvalue weighted by Crippen LogP contribution is -2.01. The van der Waals surface area contributed by atoms with E-state index < -0.39 is 0 Å². The highest BCUT2D eigenvalue weighted by Crippen LogP contribution is 2.14. The fraction of sp³-hybridized carbons (Fsp3) is 0.0769. The number of halogens is 1. The fourth-order valence-corrected chi connectivity index (χ4v) is 1.92. The van der Waals surface area contributed by atoms with Crippen LogP contribution in [-0.4, -0.2) is 25.0 Å². The van der Waals surface area contributed by atoms with Gasteiger partial charge in [0.05, 0.1) is 12.4 Å². The van der Waals surface area contributed by atoms with Gasteiger partial charge >= 0.3 is 0 Å². The SMILES string of the molecule is Brc1cccc(OCc2ccc(-n3ccnn3)nc2)n1. The van der Waals surface area contributed by atoms with Crippen LogP contribution >= 0.6 is 15.9 Å². The maximum atomic E-state index is 5.59. The second kappa shape index (κ2) is 5.79. The summed E-state index contributed by atoms with van der Waals surface area (Å²) in [7, 11) is 0. The molecule has 0 unspecified atom stereocenters. The monoisotopic (exact) mass is 331 g/mol. The van der Waals surface area contributed by atoms with Crippen LogP contribution in [0.15, 0.2) is 53.5 Å². The van der Waals surface area contributed by atoms with Gasteiger partial charge in [0.15, 0.2) is 5.82 Å². The standard InChI is InChI=1S/C13H10BrN5O/c14-11-2-1-3-13(17-11)20-9-10-4-5-12(15-8-10)19-7-6-16-18-19/h1-8H,9H2. The van der Waals surface area contributed by atoms with Gasteiger partial charge in [-0.15, -0.1) is 5.10 Å². The molecule has 3 aromatic rings. The minimum absolute atomic E-state index is 0.411. The maximum absolute atomic E-state index is 5.59. The van der Waals surface area contributed by atoms with E-state index in [4.69, 9.17) is 4.74 Å². The Morgan fingerprint density at radius 3 is 2.85 bits per heavy atom. The Labute approximate surface area is 123 Å². The van der Waals surface area contributed by atoms with E-state index in [0.717, 1.165) is 10.2 Å². The summed E-state index contributed by atoms with van der Waals surface area (Å²) in [6, 6.07) is 9.32. The summed E-state index contributed by atoms with van der Waals surface area (Å²) < 4.78 is 7.93. The van der Waals surface area contributed by atoms with Gasteiger partial charge in [0.1, 0.15) is 11.2 Å². The summed E-state index contributed by atoms with van der Waals surface area (Å²) in [5.74, 6) is 1.28. The molecule has 0 atom stereocenters. The van der Waals surface area contributed by atoms with E-state index in [1.54, 1.807) is 23.3 Å². The molecule has 7 heteroatoms. The third-order valence-electron chi connectivity index (χ3n) is 2.54. The Morgan fingerprint density at radius 2 is 2.15 bits per heavy atom. The highest BCUT2D eigenvalue weighted by Gasteiger charge is 2.01. The molecule has 0 fully saturated rings. The van der Waals surface area contributed by atoms with Gasteiger partial charge in [-0.3, -0.25) is 0 Å². The zero-order chi connectivity index (χ0) is 13.8. The van der Waals surface area contributed by atoms with Crippen LogP contribution in [0, 0.1) is 0 Å². The van der Waals surface area contributed by atoms with Gasteiger partial charge in [0.25, 0.3) is 0 Å². The van der Waals surface area contributed by atoms with Crippen LogP contribution < -0.4 is 4.74 Å². The van der Waals surface area contributed by atoms with Gasteiger partial charge in [0, 0.05) is 17.8 Å². The van der Waals surface area contributed by atoms with Crippen molar-refractivity contribution in [1.29, 1.82) is 0 Å². The normalized spacial score (nSPS) is 10.4. The fourth-order valence-electron chi connectivity index (χ4n) is 1.60. The predicted molar refractivity (Wildman–Crippen MR) is 75.4 cm³/mol. The third-order valence-corrected chi connectivity index (χ3v) is 2.98. The van der Waals surface area contributed by atoms with Gasteiger partial charge in [-0.2, -0.15) is 0 Å². The van der Waals surface area contributed by atoms with Crippen LogP contribution in [0.5, 0.6) is 5.88 Å². The molecule has 0 saturated carbocycles. The van der Waals surface area contributed by atoms with E-state index >= 15 is 0 Å². The number of rotatable bonds is 4. The number of pyridine rings is 2. The first kappa shape index (κ1) is 12.7. The van der Waals surface area contributed by atoms with Crippen molar-refractivity contribution in [2.45, 2.75) is 6.61 Å². The number of ether oxygens (including phenoxy) is 1. The summed E-state index contributed by atoms with van der Waals surface area (Å²) >= 11 is 3.30. The summed E-state index contributed by atoms with van der Waals surface area (Å²) in [6.45, 7) is 0.411. The molecule has 0 saturated heterocycles. The largest absolute Gasteiger partial charge is 0.473 e. The lowest BCUT2D eigenvalue weighted by molar-refractivity contribution is 0.293. The average molecular weight is 332 g/mol. The highest BCUT2D eigenvalue weighted by atomic mass is 79.9. The molecule has 0 aliphatic carbocycles. The number of nitrogens with zero attached hydrogens (tertiary/aromatic N) is 5. The average Bonchev–Trinajstić information content (AvgIpc) is 3.00. The lowest BCUT2D eigenvalue weighted by atomic mass is 10.3. The van der Waals surface area contributed by atoms with Crippen molar-refractivity contribution in [3.63, 3.8) is 0 Å². The van der Waals surface area contributed by atoms with Crippen LogP contribution in [-0.2, 0) is 6.61 Å². The van der Waals surface area contributed by atoms with Crippen LogP contribution in [0.1, 0.15) is 5.56 Å². The summed E-state index contributed by atoms with van der Waals surface area (Å²) in [5.41, 5.74) is 0.954. The summed E-state index contributed by atoms with van der Waals surface area (Å²) in [4.78, 5) is 8.50.